The molecule has 3 nitrogen and oxygen atoms in total. The Bertz CT molecular complexity index is 651. The van der Waals surface area contributed by atoms with Gasteiger partial charge >= 0.3 is 0 Å². The summed E-state index contributed by atoms with van der Waals surface area (Å²) in [6.45, 7) is 3.56. The van der Waals surface area contributed by atoms with Crippen LogP contribution in [0.1, 0.15) is 37.0 Å². The van der Waals surface area contributed by atoms with Crippen molar-refractivity contribution in [2.24, 2.45) is 0 Å². The van der Waals surface area contributed by atoms with E-state index in [2.05, 4.69) is 4.90 Å². The number of hydrogen-bond acceptors (Lipinski definition) is 3. The Balaban J connectivity index is 1.64. The van der Waals surface area contributed by atoms with Gasteiger partial charge in [0.2, 0.25) is 0 Å². The van der Waals surface area contributed by atoms with Gasteiger partial charge in [-0.25, -0.2) is 0 Å². The van der Waals surface area contributed by atoms with Crippen LogP contribution >= 0.6 is 11.6 Å². The van der Waals surface area contributed by atoms with Crippen LogP contribution < -0.4 is 0 Å². The second-order valence-electron chi connectivity index (χ2n) is 6.67. The Morgan fingerprint density at radius 3 is 2.17 bits per heavy atom. The quantitative estimate of drug-likeness (QED) is 0.887. The Morgan fingerprint density at radius 2 is 1.58 bits per heavy atom. The van der Waals surface area contributed by atoms with E-state index < -0.39 is 11.7 Å². The van der Waals surface area contributed by atoms with Crippen LogP contribution in [0.25, 0.3) is 0 Å². The first-order valence-electron chi connectivity index (χ1n) is 8.45. The molecule has 1 aliphatic rings. The molecule has 1 aliphatic heterocycles. The summed E-state index contributed by atoms with van der Waals surface area (Å²) in [4.78, 5) is 2.25. The minimum atomic E-state index is -0.761. The van der Waals surface area contributed by atoms with Crippen LogP contribution in [-0.4, -0.2) is 34.2 Å². The zero-order valence-corrected chi connectivity index (χ0v) is 14.7. The molecule has 4 heteroatoms. The number of aliphatic hydroxyl groups is 2. The summed E-state index contributed by atoms with van der Waals surface area (Å²) in [6.07, 6.45) is 0.786. The van der Waals surface area contributed by atoms with E-state index in [0.717, 1.165) is 24.2 Å². The topological polar surface area (TPSA) is 43.7 Å². The van der Waals surface area contributed by atoms with Gasteiger partial charge in [0.1, 0.15) is 0 Å². The molecular formula is C20H24ClNO2. The van der Waals surface area contributed by atoms with E-state index >= 15 is 0 Å². The Morgan fingerprint density at radius 1 is 1.00 bits per heavy atom. The molecule has 0 amide bonds. The van der Waals surface area contributed by atoms with E-state index in [-0.39, 0.29) is 6.04 Å². The van der Waals surface area contributed by atoms with Crippen molar-refractivity contribution in [3.8, 4) is 0 Å². The van der Waals surface area contributed by atoms with Crippen LogP contribution in [0, 0.1) is 0 Å². The van der Waals surface area contributed by atoms with Crippen molar-refractivity contribution in [3.63, 3.8) is 0 Å². The molecule has 2 N–H and O–H groups in total. The molecule has 2 aromatic rings. The molecule has 2 aromatic carbocycles. The highest BCUT2D eigenvalue weighted by Gasteiger charge is 2.36. The first-order valence-corrected chi connectivity index (χ1v) is 8.83. The van der Waals surface area contributed by atoms with E-state index in [1.165, 1.54) is 0 Å². The molecule has 0 bridgehead atoms. The van der Waals surface area contributed by atoms with Gasteiger partial charge in [0.15, 0.2) is 0 Å². The first-order chi connectivity index (χ1) is 11.5. The van der Waals surface area contributed by atoms with Crippen LogP contribution in [-0.2, 0) is 5.60 Å². The van der Waals surface area contributed by atoms with Crippen molar-refractivity contribution >= 4 is 11.6 Å². The third-order valence-electron chi connectivity index (χ3n) is 5.18. The molecule has 0 spiro atoms. The van der Waals surface area contributed by atoms with Crippen LogP contribution in [0.5, 0.6) is 0 Å². The number of halogens is 1. The standard InChI is InChI=1S/C20H24ClNO2/c1-15(19(23)16-7-9-18(21)10-8-16)22-13-11-20(24,12-14-22)17-5-3-2-4-6-17/h2-10,15,19,23-24H,11-14H2,1H3. The minimum Gasteiger partial charge on any atom is -0.387 e. The van der Waals surface area contributed by atoms with Gasteiger partial charge in [-0.1, -0.05) is 54.1 Å². The van der Waals surface area contributed by atoms with E-state index in [9.17, 15) is 10.2 Å². The Hall–Kier alpha value is -1.39. The van der Waals surface area contributed by atoms with E-state index in [1.807, 2.05) is 49.4 Å². The van der Waals surface area contributed by atoms with Crippen molar-refractivity contribution in [2.45, 2.75) is 37.5 Å². The summed E-state index contributed by atoms with van der Waals surface area (Å²) >= 11 is 5.91. The van der Waals surface area contributed by atoms with Crippen LogP contribution in [0.3, 0.4) is 0 Å². The van der Waals surface area contributed by atoms with Crippen molar-refractivity contribution in [1.82, 2.24) is 4.90 Å². The van der Waals surface area contributed by atoms with Gasteiger partial charge in [-0.05, 0) is 43.0 Å². The average molecular weight is 346 g/mol. The fourth-order valence-electron chi connectivity index (χ4n) is 3.48. The van der Waals surface area contributed by atoms with E-state index in [4.69, 9.17) is 11.6 Å². The molecule has 2 unspecified atom stereocenters. The van der Waals surface area contributed by atoms with Gasteiger partial charge < -0.3 is 10.2 Å². The van der Waals surface area contributed by atoms with Gasteiger partial charge in [-0.15, -0.1) is 0 Å². The molecule has 2 atom stereocenters. The molecule has 1 saturated heterocycles. The lowest BCUT2D eigenvalue weighted by Gasteiger charge is -2.42. The van der Waals surface area contributed by atoms with Gasteiger partial charge in [-0.2, -0.15) is 0 Å². The molecule has 128 valence electrons. The first kappa shape index (κ1) is 17.4. The van der Waals surface area contributed by atoms with E-state index in [1.54, 1.807) is 12.1 Å². The van der Waals surface area contributed by atoms with Crippen LogP contribution in [0.15, 0.2) is 54.6 Å². The highest BCUT2D eigenvalue weighted by molar-refractivity contribution is 6.30. The summed E-state index contributed by atoms with van der Waals surface area (Å²) in [5, 5.41) is 22.2. The SMILES string of the molecule is CC(C(O)c1ccc(Cl)cc1)N1CCC(O)(c2ccccc2)CC1. The summed E-state index contributed by atoms with van der Waals surface area (Å²) in [5.41, 5.74) is 1.09. The third-order valence-corrected chi connectivity index (χ3v) is 5.43. The summed E-state index contributed by atoms with van der Waals surface area (Å²) < 4.78 is 0. The van der Waals surface area contributed by atoms with Crippen LogP contribution in [0.4, 0.5) is 0 Å². The summed E-state index contributed by atoms with van der Waals surface area (Å²) in [6, 6.07) is 17.2. The Labute approximate surface area is 148 Å². The lowest BCUT2D eigenvalue weighted by Crippen LogP contribution is -2.47. The summed E-state index contributed by atoms with van der Waals surface area (Å²) in [7, 11) is 0. The number of likely N-dealkylation sites (tertiary alicyclic amines) is 1. The fraction of sp³-hybridized carbons (Fsp3) is 0.400. The number of hydrogen-bond donors (Lipinski definition) is 2. The zero-order valence-electron chi connectivity index (χ0n) is 13.9. The van der Waals surface area contributed by atoms with Crippen molar-refractivity contribution in [2.75, 3.05) is 13.1 Å². The average Bonchev–Trinajstić information content (AvgIpc) is 2.62. The van der Waals surface area contributed by atoms with Gasteiger partial charge in [0.25, 0.3) is 0 Å². The molecule has 0 aliphatic carbocycles. The molecule has 1 fully saturated rings. The Kier molecular flexibility index (Phi) is 5.26. The fourth-order valence-corrected chi connectivity index (χ4v) is 3.60. The van der Waals surface area contributed by atoms with Crippen molar-refractivity contribution in [1.29, 1.82) is 0 Å². The molecule has 0 saturated carbocycles. The zero-order chi connectivity index (χ0) is 17.2. The predicted molar refractivity (Wildman–Crippen MR) is 97.0 cm³/mol. The molecule has 0 radical (unpaired) electrons. The number of nitrogens with zero attached hydrogens (tertiary/aromatic N) is 1. The molecule has 1 heterocycles. The second-order valence-corrected chi connectivity index (χ2v) is 7.11. The molecule has 3 rings (SSSR count). The maximum atomic E-state index is 10.9. The lowest BCUT2D eigenvalue weighted by atomic mass is 9.83. The van der Waals surface area contributed by atoms with Gasteiger partial charge in [-0.3, -0.25) is 4.90 Å². The largest absolute Gasteiger partial charge is 0.387 e. The number of rotatable bonds is 4. The summed E-state index contributed by atoms with van der Waals surface area (Å²) in [5.74, 6) is 0. The second kappa shape index (κ2) is 7.24. The molecular weight excluding hydrogens is 322 g/mol. The van der Waals surface area contributed by atoms with E-state index in [0.29, 0.717) is 17.9 Å². The number of benzene rings is 2. The lowest BCUT2D eigenvalue weighted by molar-refractivity contribution is -0.0501. The third kappa shape index (κ3) is 3.65. The van der Waals surface area contributed by atoms with Crippen molar-refractivity contribution < 1.29 is 10.2 Å². The number of aliphatic hydroxyl groups excluding tert-OH is 1. The maximum absolute atomic E-state index is 10.9. The van der Waals surface area contributed by atoms with Crippen molar-refractivity contribution in [3.05, 3.63) is 70.7 Å². The monoisotopic (exact) mass is 345 g/mol. The molecule has 0 aromatic heterocycles. The van der Waals surface area contributed by atoms with Crippen LogP contribution in [0.2, 0.25) is 5.02 Å². The van der Waals surface area contributed by atoms with Gasteiger partial charge in [0, 0.05) is 24.2 Å². The minimum absolute atomic E-state index is 0.00787. The highest BCUT2D eigenvalue weighted by atomic mass is 35.5. The predicted octanol–water partition coefficient (Wildman–Crippen LogP) is 3.75. The maximum Gasteiger partial charge on any atom is 0.0942 e. The molecule has 24 heavy (non-hydrogen) atoms. The smallest absolute Gasteiger partial charge is 0.0942 e. The highest BCUT2D eigenvalue weighted by Crippen LogP contribution is 2.34. The normalized spacial score (nSPS) is 20.5. The van der Waals surface area contributed by atoms with Gasteiger partial charge in [0.05, 0.1) is 11.7 Å². The number of piperidine rings is 1.